The predicted molar refractivity (Wildman–Crippen MR) is 175 cm³/mol. The molecule has 0 N–H and O–H groups in total. The Kier molecular flexibility index (Phi) is 5.73. The highest BCUT2D eigenvalue weighted by molar-refractivity contribution is 6.07. The van der Waals surface area contributed by atoms with Gasteiger partial charge in [-0.25, -0.2) is 0 Å². The van der Waals surface area contributed by atoms with Crippen molar-refractivity contribution in [3.63, 3.8) is 0 Å². The van der Waals surface area contributed by atoms with Crippen molar-refractivity contribution in [3.8, 4) is 0 Å². The fourth-order valence-corrected chi connectivity index (χ4v) is 7.74. The van der Waals surface area contributed by atoms with E-state index in [0.29, 0.717) is 5.92 Å². The topological polar surface area (TPSA) is 22.1 Å². The van der Waals surface area contributed by atoms with Gasteiger partial charge < -0.3 is 4.74 Å². The molecule has 208 valence electrons. The van der Waals surface area contributed by atoms with Crippen LogP contribution in [0.3, 0.4) is 0 Å². The molecule has 0 saturated heterocycles. The number of benzene rings is 2. The number of pyridine rings is 1. The van der Waals surface area contributed by atoms with Crippen LogP contribution < -0.4 is 10.4 Å². The van der Waals surface area contributed by atoms with Crippen LogP contribution in [0.4, 0.5) is 0 Å². The van der Waals surface area contributed by atoms with Crippen molar-refractivity contribution in [1.29, 1.82) is 0 Å². The van der Waals surface area contributed by atoms with Gasteiger partial charge in [0.25, 0.3) is 0 Å². The highest BCUT2D eigenvalue weighted by Crippen LogP contribution is 2.47. The highest BCUT2D eigenvalue weighted by atomic mass is 16.5. The zero-order valence-corrected chi connectivity index (χ0v) is 25.0. The van der Waals surface area contributed by atoms with Gasteiger partial charge in [-0.1, -0.05) is 100 Å². The van der Waals surface area contributed by atoms with E-state index in [1.165, 1.54) is 60.5 Å². The molecule has 8 rings (SSSR count). The first kappa shape index (κ1) is 25.5. The molecule has 0 bridgehead atoms. The van der Waals surface area contributed by atoms with Crippen molar-refractivity contribution in [2.75, 3.05) is 0 Å². The van der Waals surface area contributed by atoms with E-state index in [1.54, 1.807) is 0 Å². The summed E-state index contributed by atoms with van der Waals surface area (Å²) in [4.78, 5) is 4.68. The SMILES string of the molecule is CC1C=CC=C2C(OC3=CC=C(C(C)(C)C)CC3)=c3ccncc3=C(c3ccc4c5c6c(ccc35)C=CCC6=CC4)C21. The van der Waals surface area contributed by atoms with Crippen LogP contribution in [0.25, 0.3) is 33.8 Å². The number of nitrogens with zero attached hydrogens (tertiary/aromatic N) is 1. The molecule has 0 aliphatic heterocycles. The van der Waals surface area contributed by atoms with Crippen molar-refractivity contribution >= 4 is 33.8 Å². The molecule has 2 heteroatoms. The second kappa shape index (κ2) is 9.42. The maximum absolute atomic E-state index is 6.90. The maximum atomic E-state index is 6.90. The largest absolute Gasteiger partial charge is 0.461 e. The number of ether oxygens (including phenoxy) is 1. The minimum Gasteiger partial charge on any atom is -0.461 e. The molecule has 2 atom stereocenters. The zero-order chi connectivity index (χ0) is 28.6. The van der Waals surface area contributed by atoms with Crippen LogP contribution in [0, 0.1) is 17.3 Å². The van der Waals surface area contributed by atoms with Crippen molar-refractivity contribution < 1.29 is 4.74 Å². The standard InChI is InChI=1S/C40H37NO/c1-24-7-5-10-33-35(24)38(31-20-14-27-12-11-25-8-6-9-26-13-19-30(31)37(27)36(25)26)34-23-41-22-21-32(34)39(33)42-29-17-15-28(16-18-29)40(2,3)4/h5-7,9-11,13-15,17,19-24,35H,8,12,16,18H2,1-4H3. The second-order valence-corrected chi connectivity index (χ2v) is 13.4. The van der Waals surface area contributed by atoms with Gasteiger partial charge in [0, 0.05) is 40.7 Å². The lowest BCUT2D eigenvalue weighted by Gasteiger charge is -2.35. The summed E-state index contributed by atoms with van der Waals surface area (Å²) in [5.74, 6) is 2.56. The summed E-state index contributed by atoms with van der Waals surface area (Å²) in [6, 6.07) is 11.6. The fraction of sp³-hybridized carbons (Fsp3) is 0.275. The zero-order valence-electron chi connectivity index (χ0n) is 25.0. The summed E-state index contributed by atoms with van der Waals surface area (Å²) in [6.45, 7) is 9.23. The lowest BCUT2D eigenvalue weighted by Crippen LogP contribution is -2.40. The van der Waals surface area contributed by atoms with Gasteiger partial charge in [-0.2, -0.15) is 0 Å². The molecule has 5 aliphatic rings. The van der Waals surface area contributed by atoms with Crippen LogP contribution in [0.15, 0.2) is 102 Å². The number of allylic oxidation sites excluding steroid dienone is 10. The average molecular weight is 548 g/mol. The molecule has 2 nitrogen and oxygen atoms in total. The van der Waals surface area contributed by atoms with Gasteiger partial charge >= 0.3 is 0 Å². The molecule has 5 aliphatic carbocycles. The monoisotopic (exact) mass is 547 g/mol. The van der Waals surface area contributed by atoms with E-state index >= 15 is 0 Å². The van der Waals surface area contributed by atoms with Crippen molar-refractivity contribution in [3.05, 3.63) is 135 Å². The van der Waals surface area contributed by atoms with E-state index < -0.39 is 0 Å². The number of hydrogen-bond acceptors (Lipinski definition) is 2. The van der Waals surface area contributed by atoms with Gasteiger partial charge in [0.15, 0.2) is 0 Å². The van der Waals surface area contributed by atoms with E-state index in [0.717, 1.165) is 42.4 Å². The number of hydrogen-bond donors (Lipinski definition) is 0. The Balaban J connectivity index is 1.39. The lowest BCUT2D eigenvalue weighted by atomic mass is 9.70. The number of rotatable bonds is 3. The minimum atomic E-state index is 0.185. The molecule has 2 aromatic carbocycles. The number of aromatic nitrogens is 1. The molecule has 0 radical (unpaired) electrons. The van der Waals surface area contributed by atoms with Crippen molar-refractivity contribution in [2.24, 2.45) is 17.3 Å². The van der Waals surface area contributed by atoms with Gasteiger partial charge in [0.05, 0.1) is 0 Å². The molecule has 0 amide bonds. The van der Waals surface area contributed by atoms with Gasteiger partial charge in [0.2, 0.25) is 0 Å². The summed E-state index contributed by atoms with van der Waals surface area (Å²) < 4.78 is 6.90. The molecule has 1 aromatic heterocycles. The summed E-state index contributed by atoms with van der Waals surface area (Å²) >= 11 is 0. The molecule has 3 aromatic rings. The van der Waals surface area contributed by atoms with E-state index in [4.69, 9.17) is 4.74 Å². The van der Waals surface area contributed by atoms with Crippen molar-refractivity contribution in [2.45, 2.75) is 53.4 Å². The van der Waals surface area contributed by atoms with Gasteiger partial charge in [0.1, 0.15) is 11.5 Å². The molecular weight excluding hydrogens is 510 g/mol. The summed E-state index contributed by atoms with van der Waals surface area (Å²) in [7, 11) is 0. The van der Waals surface area contributed by atoms with Gasteiger partial charge in [-0.3, -0.25) is 4.98 Å². The molecule has 0 fully saturated rings. The Bertz CT molecular complexity index is 2000. The molecule has 1 heterocycles. The summed E-state index contributed by atoms with van der Waals surface area (Å²) in [6.07, 6.45) is 26.3. The Morgan fingerprint density at radius 1 is 0.929 bits per heavy atom. The van der Waals surface area contributed by atoms with E-state index in [2.05, 4.69) is 118 Å². The second-order valence-electron chi connectivity index (χ2n) is 13.4. The Hall–Kier alpha value is -4.17. The van der Waals surface area contributed by atoms with Crippen molar-refractivity contribution in [1.82, 2.24) is 4.98 Å². The third-order valence-electron chi connectivity index (χ3n) is 9.90. The van der Waals surface area contributed by atoms with E-state index in [1.807, 2.05) is 6.20 Å². The Labute approximate surface area is 248 Å². The minimum absolute atomic E-state index is 0.185. The van der Waals surface area contributed by atoms with Crippen LogP contribution in [0.2, 0.25) is 0 Å². The molecule has 42 heavy (non-hydrogen) atoms. The summed E-state index contributed by atoms with van der Waals surface area (Å²) in [5, 5.41) is 5.13. The van der Waals surface area contributed by atoms with Crippen LogP contribution in [-0.4, -0.2) is 4.98 Å². The van der Waals surface area contributed by atoms with E-state index in [-0.39, 0.29) is 11.3 Å². The maximum Gasteiger partial charge on any atom is 0.138 e. The average Bonchev–Trinajstić information content (AvgIpc) is 3.00. The van der Waals surface area contributed by atoms with Crippen LogP contribution >= 0.6 is 0 Å². The molecule has 0 saturated carbocycles. The fourth-order valence-electron chi connectivity index (χ4n) is 7.74. The first-order valence-electron chi connectivity index (χ1n) is 15.5. The van der Waals surface area contributed by atoms with E-state index in [9.17, 15) is 0 Å². The third-order valence-corrected chi connectivity index (χ3v) is 9.90. The quantitative estimate of drug-likeness (QED) is 0.329. The lowest BCUT2D eigenvalue weighted by molar-refractivity contribution is 0.341. The highest BCUT2D eigenvalue weighted by Gasteiger charge is 2.35. The van der Waals surface area contributed by atoms with Gasteiger partial charge in [-0.05, 0) is 86.9 Å². The Morgan fingerprint density at radius 3 is 2.67 bits per heavy atom. The van der Waals surface area contributed by atoms with Crippen LogP contribution in [0.5, 0.6) is 0 Å². The molecular formula is C40H37NO. The first-order valence-corrected chi connectivity index (χ1v) is 15.5. The summed E-state index contributed by atoms with van der Waals surface area (Å²) in [5.41, 5.74) is 11.3. The first-order chi connectivity index (χ1) is 20.4. The van der Waals surface area contributed by atoms with Crippen LogP contribution in [-0.2, 0) is 11.2 Å². The molecule has 2 unspecified atom stereocenters. The van der Waals surface area contributed by atoms with Crippen LogP contribution in [0.1, 0.15) is 69.2 Å². The Morgan fingerprint density at radius 2 is 1.83 bits per heavy atom. The van der Waals surface area contributed by atoms with Gasteiger partial charge in [-0.15, -0.1) is 0 Å². The molecule has 0 spiro atoms. The predicted octanol–water partition coefficient (Wildman–Crippen LogP) is 8.33. The smallest absolute Gasteiger partial charge is 0.138 e. The normalized spacial score (nSPS) is 22.2. The number of fused-ring (bicyclic) bond motifs is 2. The third kappa shape index (κ3) is 3.88.